The van der Waals surface area contributed by atoms with Gasteiger partial charge in [-0.15, -0.1) is 0 Å². The average molecular weight is 257 g/mol. The quantitative estimate of drug-likeness (QED) is 0.465. The Bertz CT molecular complexity index is 502. The molecule has 1 aromatic rings. The number of nitrogen functional groups attached to an aromatic ring is 1. The molecule has 0 saturated carbocycles. The fourth-order valence-corrected chi connectivity index (χ4v) is 1.56. The molecule has 2 heterocycles. The molecule has 0 saturated heterocycles. The van der Waals surface area contributed by atoms with Crippen molar-refractivity contribution < 1.29 is 15.1 Å². The molecule has 1 unspecified atom stereocenters. The van der Waals surface area contributed by atoms with E-state index in [2.05, 4.69) is 10.3 Å². The van der Waals surface area contributed by atoms with E-state index in [4.69, 9.17) is 15.7 Å². The molecule has 0 radical (unpaired) electrons. The second-order valence-electron chi connectivity index (χ2n) is 3.82. The van der Waals surface area contributed by atoms with Gasteiger partial charge in [0.2, 0.25) is 5.95 Å². The maximum atomic E-state index is 11.8. The van der Waals surface area contributed by atoms with Crippen molar-refractivity contribution in [1.82, 2.24) is 9.55 Å². The summed E-state index contributed by atoms with van der Waals surface area (Å²) in [5, 5.41) is 22.1. The van der Waals surface area contributed by atoms with Crippen LogP contribution in [0.25, 0.3) is 0 Å². The van der Waals surface area contributed by atoms with Crippen LogP contribution in [-0.2, 0) is 11.9 Å². The highest BCUT2D eigenvalue weighted by molar-refractivity contribution is 5.69. The largest absolute Gasteiger partial charge is 0.396 e. The van der Waals surface area contributed by atoms with Crippen molar-refractivity contribution in [1.29, 1.82) is 0 Å². The molecule has 1 atom stereocenters. The number of nitrogens with one attached hydrogen (secondary N) is 1. The van der Waals surface area contributed by atoms with Crippen LogP contribution in [0.5, 0.6) is 0 Å². The Labute approximate surface area is 102 Å². The highest BCUT2D eigenvalue weighted by atomic mass is 16.8. The summed E-state index contributed by atoms with van der Waals surface area (Å²) in [6, 6.07) is 0. The third-order valence-corrected chi connectivity index (χ3v) is 2.57. The van der Waals surface area contributed by atoms with Crippen molar-refractivity contribution >= 4 is 17.5 Å². The molecule has 0 aromatic carbocycles. The number of nitrogens with two attached hydrogens (primary N) is 1. The third kappa shape index (κ3) is 2.10. The Morgan fingerprint density at radius 3 is 3.06 bits per heavy atom. The van der Waals surface area contributed by atoms with Gasteiger partial charge < -0.3 is 21.3 Å². The van der Waals surface area contributed by atoms with E-state index >= 15 is 0 Å². The number of rotatable bonds is 4. The zero-order valence-electron chi connectivity index (χ0n) is 9.83. The maximum Gasteiger partial charge on any atom is 0.280 e. The van der Waals surface area contributed by atoms with E-state index < -0.39 is 6.29 Å². The van der Waals surface area contributed by atoms with Gasteiger partial charge in [0.15, 0.2) is 12.1 Å². The number of hydrogen-bond acceptors (Lipinski definition) is 8. The summed E-state index contributed by atoms with van der Waals surface area (Å²) in [5.41, 5.74) is 5.53. The number of aromatic nitrogens is 2. The van der Waals surface area contributed by atoms with E-state index in [1.807, 2.05) is 0 Å². The normalized spacial score (nSPS) is 15.4. The second-order valence-corrected chi connectivity index (χ2v) is 3.82. The summed E-state index contributed by atoms with van der Waals surface area (Å²) >= 11 is 0. The lowest BCUT2D eigenvalue weighted by atomic mass is 10.4. The van der Waals surface area contributed by atoms with Crippen LogP contribution in [0.2, 0.25) is 0 Å². The van der Waals surface area contributed by atoms with Gasteiger partial charge in [-0.05, 0) is 0 Å². The zero-order valence-corrected chi connectivity index (χ0v) is 9.83. The standard InChI is InChI=1S/C9H15N5O4/c1-13-8(17)6-7(12-9(13)10)14(4-11-6)18-5(16)2-3-15/h5,11,15-16H,2-4H2,1H3,(H2,10,12). The minimum absolute atomic E-state index is 0.0488. The van der Waals surface area contributed by atoms with Crippen molar-refractivity contribution in [3.8, 4) is 0 Å². The van der Waals surface area contributed by atoms with Crippen LogP contribution < -0.4 is 21.7 Å². The molecule has 0 fully saturated rings. The minimum Gasteiger partial charge on any atom is -0.396 e. The summed E-state index contributed by atoms with van der Waals surface area (Å²) in [6.45, 7) is -0.0368. The fraction of sp³-hybridized carbons (Fsp3) is 0.556. The monoisotopic (exact) mass is 257 g/mol. The molecule has 100 valence electrons. The minimum atomic E-state index is -1.17. The molecule has 2 rings (SSSR count). The Balaban J connectivity index is 2.26. The third-order valence-electron chi connectivity index (χ3n) is 2.57. The van der Waals surface area contributed by atoms with Crippen LogP contribution in [0.15, 0.2) is 4.79 Å². The maximum absolute atomic E-state index is 11.8. The number of hydroxylamine groups is 1. The van der Waals surface area contributed by atoms with E-state index in [0.717, 1.165) is 0 Å². The van der Waals surface area contributed by atoms with Gasteiger partial charge in [-0.2, -0.15) is 4.98 Å². The predicted octanol–water partition coefficient (Wildman–Crippen LogP) is -1.82. The van der Waals surface area contributed by atoms with Gasteiger partial charge in [-0.25, -0.2) is 9.90 Å². The van der Waals surface area contributed by atoms with Crippen molar-refractivity contribution in [2.24, 2.45) is 7.05 Å². The molecule has 9 heteroatoms. The molecule has 1 aliphatic heterocycles. The summed E-state index contributed by atoms with van der Waals surface area (Å²) in [5.74, 6) is 0.278. The van der Waals surface area contributed by atoms with Crippen LogP contribution >= 0.6 is 0 Å². The summed E-state index contributed by atoms with van der Waals surface area (Å²) in [6.07, 6.45) is -1.11. The van der Waals surface area contributed by atoms with Gasteiger partial charge in [-0.1, -0.05) is 0 Å². The van der Waals surface area contributed by atoms with Crippen LogP contribution in [0.4, 0.5) is 17.5 Å². The Morgan fingerprint density at radius 1 is 1.67 bits per heavy atom. The molecular formula is C9H15N5O4. The van der Waals surface area contributed by atoms with E-state index in [1.54, 1.807) is 0 Å². The van der Waals surface area contributed by atoms with Crippen LogP contribution in [0, 0.1) is 0 Å². The van der Waals surface area contributed by atoms with Gasteiger partial charge in [0, 0.05) is 20.1 Å². The molecular weight excluding hydrogens is 242 g/mol. The molecule has 0 aliphatic carbocycles. The van der Waals surface area contributed by atoms with Crippen LogP contribution in [0.3, 0.4) is 0 Å². The summed E-state index contributed by atoms with van der Waals surface area (Å²) in [4.78, 5) is 21.0. The predicted molar refractivity (Wildman–Crippen MR) is 63.7 cm³/mol. The van der Waals surface area contributed by atoms with Crippen molar-refractivity contribution in [2.45, 2.75) is 12.7 Å². The lowest BCUT2D eigenvalue weighted by Crippen LogP contribution is -2.30. The Kier molecular flexibility index (Phi) is 3.36. The molecule has 9 nitrogen and oxygen atoms in total. The molecule has 1 aliphatic rings. The number of aliphatic hydroxyl groups is 2. The number of fused-ring (bicyclic) bond motifs is 1. The lowest BCUT2D eigenvalue weighted by Gasteiger charge is -2.20. The molecule has 0 amide bonds. The van der Waals surface area contributed by atoms with Crippen molar-refractivity contribution in [3.63, 3.8) is 0 Å². The van der Waals surface area contributed by atoms with Crippen molar-refractivity contribution in [2.75, 3.05) is 29.4 Å². The van der Waals surface area contributed by atoms with Crippen LogP contribution in [-0.4, -0.2) is 39.3 Å². The lowest BCUT2D eigenvalue weighted by molar-refractivity contribution is -0.117. The number of hydrogen-bond donors (Lipinski definition) is 4. The van der Waals surface area contributed by atoms with E-state index in [0.29, 0.717) is 0 Å². The first-order valence-electron chi connectivity index (χ1n) is 5.38. The number of aliphatic hydroxyl groups excluding tert-OH is 2. The highest BCUT2D eigenvalue weighted by Gasteiger charge is 2.27. The zero-order chi connectivity index (χ0) is 13.3. The highest BCUT2D eigenvalue weighted by Crippen LogP contribution is 2.26. The van der Waals surface area contributed by atoms with Gasteiger partial charge >= 0.3 is 0 Å². The van der Waals surface area contributed by atoms with Gasteiger partial charge in [0.1, 0.15) is 12.4 Å². The number of anilines is 3. The van der Waals surface area contributed by atoms with Gasteiger partial charge in [0.05, 0.1) is 0 Å². The SMILES string of the molecule is Cn1c(N)nc2c(c1=O)NCN2OC(O)CCO. The van der Waals surface area contributed by atoms with Gasteiger partial charge in [-0.3, -0.25) is 9.36 Å². The molecule has 0 bridgehead atoms. The number of nitrogens with zero attached hydrogens (tertiary/aromatic N) is 3. The molecule has 18 heavy (non-hydrogen) atoms. The second kappa shape index (κ2) is 4.80. The molecule has 0 spiro atoms. The van der Waals surface area contributed by atoms with Crippen molar-refractivity contribution in [3.05, 3.63) is 10.4 Å². The summed E-state index contributed by atoms with van der Waals surface area (Å²) in [7, 11) is 1.51. The van der Waals surface area contributed by atoms with Gasteiger partial charge in [0.25, 0.3) is 5.56 Å². The Hall–Kier alpha value is -1.84. The molecule has 1 aromatic heterocycles. The summed E-state index contributed by atoms with van der Waals surface area (Å²) < 4.78 is 1.21. The Morgan fingerprint density at radius 2 is 2.39 bits per heavy atom. The topological polar surface area (TPSA) is 126 Å². The van der Waals surface area contributed by atoms with E-state index in [-0.39, 0.29) is 42.7 Å². The smallest absolute Gasteiger partial charge is 0.280 e. The average Bonchev–Trinajstić information content (AvgIpc) is 2.70. The first-order valence-corrected chi connectivity index (χ1v) is 5.38. The van der Waals surface area contributed by atoms with Crippen LogP contribution in [0.1, 0.15) is 6.42 Å². The van der Waals surface area contributed by atoms with E-state index in [1.165, 1.54) is 16.7 Å². The first-order chi connectivity index (χ1) is 8.54. The van der Waals surface area contributed by atoms with E-state index in [9.17, 15) is 9.90 Å². The molecule has 5 N–H and O–H groups in total. The fourth-order valence-electron chi connectivity index (χ4n) is 1.56. The first kappa shape index (κ1) is 12.6.